The van der Waals surface area contributed by atoms with Gasteiger partial charge in [-0.2, -0.15) is 0 Å². The van der Waals surface area contributed by atoms with Crippen LogP contribution in [0.4, 0.5) is 5.69 Å². The van der Waals surface area contributed by atoms with Crippen LogP contribution >= 0.6 is 0 Å². The lowest BCUT2D eigenvalue weighted by molar-refractivity contribution is 0.862. The Morgan fingerprint density at radius 2 is 2.07 bits per heavy atom. The lowest BCUT2D eigenvalue weighted by Gasteiger charge is -2.15. The summed E-state index contributed by atoms with van der Waals surface area (Å²) >= 11 is 0. The maximum Gasteiger partial charge on any atom is 0.0700 e. The zero-order valence-electron chi connectivity index (χ0n) is 10.0. The molecule has 0 spiro atoms. The Morgan fingerprint density at radius 1 is 1.40 bits per heavy atom. The van der Waals surface area contributed by atoms with Gasteiger partial charge in [-0.05, 0) is 43.7 Å². The van der Waals surface area contributed by atoms with Crippen LogP contribution in [0.15, 0.2) is 29.3 Å². The van der Waals surface area contributed by atoms with Gasteiger partial charge in [-0.3, -0.25) is 4.99 Å². The molecule has 80 valence electrons. The fraction of sp³-hybridized carbons (Fsp3) is 0.357. The van der Waals surface area contributed by atoms with Crippen molar-refractivity contribution in [2.75, 3.05) is 0 Å². The van der Waals surface area contributed by atoms with Gasteiger partial charge in [0.2, 0.25) is 0 Å². The molecule has 0 fully saturated rings. The van der Waals surface area contributed by atoms with Crippen molar-refractivity contribution in [1.82, 2.24) is 0 Å². The predicted molar refractivity (Wildman–Crippen MR) is 69.1 cm³/mol. The molecule has 1 heteroatoms. The van der Waals surface area contributed by atoms with Crippen molar-refractivity contribution in [1.29, 1.82) is 0 Å². The van der Waals surface area contributed by atoms with Crippen molar-refractivity contribution in [3.63, 3.8) is 0 Å². The van der Waals surface area contributed by atoms with E-state index in [2.05, 4.69) is 51.5 Å². The predicted octanol–water partition coefficient (Wildman–Crippen LogP) is 4.57. The Hall–Kier alpha value is -1.37. The minimum absolute atomic E-state index is 0.511. The Kier molecular flexibility index (Phi) is 3.84. The van der Waals surface area contributed by atoms with E-state index in [-0.39, 0.29) is 0 Å². The van der Waals surface area contributed by atoms with Crippen molar-refractivity contribution < 1.29 is 0 Å². The van der Waals surface area contributed by atoms with Crippen LogP contribution in [0.5, 0.6) is 0 Å². The van der Waals surface area contributed by atoms with Crippen molar-refractivity contribution in [2.24, 2.45) is 4.99 Å². The molecule has 0 heterocycles. The Balaban J connectivity index is 3.47. The molecule has 1 nitrogen and oxygen atoms in total. The maximum absolute atomic E-state index is 4.09. The van der Waals surface area contributed by atoms with Gasteiger partial charge < -0.3 is 0 Å². The summed E-state index contributed by atoms with van der Waals surface area (Å²) in [6, 6.07) is 6.23. The van der Waals surface area contributed by atoms with Gasteiger partial charge >= 0.3 is 0 Å². The smallest absolute Gasteiger partial charge is 0.0700 e. The third kappa shape index (κ3) is 2.35. The Bertz CT molecular complexity index is 386. The molecule has 0 aliphatic heterocycles. The first-order valence-electron chi connectivity index (χ1n) is 5.34. The van der Waals surface area contributed by atoms with Gasteiger partial charge in [0, 0.05) is 5.56 Å². The van der Waals surface area contributed by atoms with Crippen LogP contribution in [0, 0.1) is 0 Å². The third-order valence-electron chi connectivity index (χ3n) is 2.69. The molecule has 0 bridgehead atoms. The van der Waals surface area contributed by atoms with Crippen LogP contribution in [0.2, 0.25) is 0 Å². The fourth-order valence-corrected chi connectivity index (χ4v) is 1.74. The van der Waals surface area contributed by atoms with Gasteiger partial charge in [0.1, 0.15) is 0 Å². The topological polar surface area (TPSA) is 12.4 Å². The van der Waals surface area contributed by atoms with Crippen molar-refractivity contribution in [3.8, 4) is 0 Å². The highest BCUT2D eigenvalue weighted by Gasteiger charge is 2.11. The van der Waals surface area contributed by atoms with Crippen molar-refractivity contribution in [3.05, 3.63) is 35.4 Å². The minimum Gasteiger partial charge on any atom is -0.264 e. The quantitative estimate of drug-likeness (QED) is 0.635. The highest BCUT2D eigenvalue weighted by Crippen LogP contribution is 2.33. The van der Waals surface area contributed by atoms with E-state index >= 15 is 0 Å². The van der Waals surface area contributed by atoms with Crippen LogP contribution in [-0.4, -0.2) is 6.72 Å². The normalized spacial score (nSPS) is 11.9. The first-order valence-corrected chi connectivity index (χ1v) is 5.34. The molecule has 15 heavy (non-hydrogen) atoms. The van der Waals surface area contributed by atoms with E-state index in [4.69, 9.17) is 0 Å². The summed E-state index contributed by atoms with van der Waals surface area (Å²) in [7, 11) is 0. The summed E-state index contributed by atoms with van der Waals surface area (Å²) in [5.41, 5.74) is 4.83. The number of nitrogens with zero attached hydrogens (tertiary/aromatic N) is 1. The minimum atomic E-state index is 0.511. The molecule has 0 unspecified atom stereocenters. The lowest BCUT2D eigenvalue weighted by atomic mass is 9.91. The maximum atomic E-state index is 4.09. The molecule has 1 aromatic rings. The summed E-state index contributed by atoms with van der Waals surface area (Å²) in [5, 5.41) is 0. The average molecular weight is 201 g/mol. The Labute approximate surface area is 92.6 Å². The van der Waals surface area contributed by atoms with Gasteiger partial charge in [0.25, 0.3) is 0 Å². The molecule has 0 saturated carbocycles. The zero-order valence-corrected chi connectivity index (χ0v) is 10.0. The summed E-state index contributed by atoms with van der Waals surface area (Å²) < 4.78 is 0. The summed E-state index contributed by atoms with van der Waals surface area (Å²) in [6.07, 6.45) is 2.12. The standard InChI is InChI=1S/C14H19N/c1-6-11(4)14-12(10(2)3)8-7-9-13(14)15-5/h6-10H,5H2,1-4H3/b11-6-. The molecule has 1 rings (SSSR count). The number of allylic oxidation sites excluding steroid dienone is 2. The van der Waals surface area contributed by atoms with E-state index in [1.807, 2.05) is 12.1 Å². The second-order valence-corrected chi connectivity index (χ2v) is 4.03. The van der Waals surface area contributed by atoms with Crippen molar-refractivity contribution in [2.45, 2.75) is 33.6 Å². The summed E-state index contributed by atoms with van der Waals surface area (Å²) in [6.45, 7) is 12.2. The van der Waals surface area contributed by atoms with E-state index < -0.39 is 0 Å². The van der Waals surface area contributed by atoms with Gasteiger partial charge in [-0.25, -0.2) is 0 Å². The molecule has 0 radical (unpaired) electrons. The second-order valence-electron chi connectivity index (χ2n) is 4.03. The van der Waals surface area contributed by atoms with Crippen LogP contribution in [0.25, 0.3) is 5.57 Å². The van der Waals surface area contributed by atoms with Crippen LogP contribution in [0.1, 0.15) is 44.7 Å². The Morgan fingerprint density at radius 3 is 2.53 bits per heavy atom. The lowest BCUT2D eigenvalue weighted by Crippen LogP contribution is -1.94. The van der Waals surface area contributed by atoms with Gasteiger partial charge in [-0.1, -0.05) is 32.1 Å². The molecule has 0 amide bonds. The van der Waals surface area contributed by atoms with Crippen LogP contribution < -0.4 is 0 Å². The molecular weight excluding hydrogens is 182 g/mol. The van der Waals surface area contributed by atoms with Gasteiger partial charge in [0.15, 0.2) is 0 Å². The second kappa shape index (κ2) is 4.92. The number of hydrogen-bond donors (Lipinski definition) is 0. The first kappa shape index (κ1) is 11.7. The number of hydrogen-bond acceptors (Lipinski definition) is 1. The first-order chi connectivity index (χ1) is 7.11. The number of rotatable bonds is 3. The molecular formula is C14H19N. The van der Waals surface area contributed by atoms with E-state index in [0.717, 1.165) is 5.69 Å². The fourth-order valence-electron chi connectivity index (χ4n) is 1.74. The van der Waals surface area contributed by atoms with Crippen LogP contribution in [-0.2, 0) is 0 Å². The molecule has 0 saturated heterocycles. The highest BCUT2D eigenvalue weighted by atomic mass is 14.7. The highest BCUT2D eigenvalue weighted by molar-refractivity contribution is 5.77. The van der Waals surface area contributed by atoms with E-state index in [9.17, 15) is 0 Å². The molecule has 1 aromatic carbocycles. The van der Waals surface area contributed by atoms with E-state index in [1.54, 1.807) is 0 Å². The summed E-state index contributed by atoms with van der Waals surface area (Å²) in [4.78, 5) is 4.09. The van der Waals surface area contributed by atoms with E-state index in [0.29, 0.717) is 5.92 Å². The molecule has 0 N–H and O–H groups in total. The van der Waals surface area contributed by atoms with E-state index in [1.165, 1.54) is 16.7 Å². The SMILES string of the molecule is C=Nc1cccc(C(C)C)c1/C(C)=C\C. The molecule has 0 aliphatic rings. The summed E-state index contributed by atoms with van der Waals surface area (Å²) in [5.74, 6) is 0.511. The number of aliphatic imine (C=N–C) groups is 1. The molecule has 0 atom stereocenters. The zero-order chi connectivity index (χ0) is 11.4. The third-order valence-corrected chi connectivity index (χ3v) is 2.69. The van der Waals surface area contributed by atoms with Gasteiger partial charge in [-0.15, -0.1) is 0 Å². The monoisotopic (exact) mass is 201 g/mol. The largest absolute Gasteiger partial charge is 0.264 e. The van der Waals surface area contributed by atoms with Crippen molar-refractivity contribution >= 4 is 18.0 Å². The average Bonchev–Trinajstić information content (AvgIpc) is 2.26. The molecule has 0 aromatic heterocycles. The number of benzene rings is 1. The van der Waals surface area contributed by atoms with Gasteiger partial charge in [0.05, 0.1) is 5.69 Å². The molecule has 0 aliphatic carbocycles. The van der Waals surface area contributed by atoms with Crippen LogP contribution in [0.3, 0.4) is 0 Å².